The Bertz CT molecular complexity index is 770. The van der Waals surface area contributed by atoms with E-state index in [4.69, 9.17) is 0 Å². The van der Waals surface area contributed by atoms with Crippen molar-refractivity contribution in [3.63, 3.8) is 0 Å². The van der Waals surface area contributed by atoms with Gasteiger partial charge in [-0.2, -0.15) is 27.2 Å². The number of aliphatic hydroxyl groups is 1. The quantitative estimate of drug-likeness (QED) is 0.531. The number of halogens is 5. The SMILES string of the molecule is C[C@]12CC(C#N)=CCC1CC[C@@H]1[C@H]2CC[C@@]2(C)[C@H]1CCC2(O)C(F)(F)C(F)(F)F. The van der Waals surface area contributed by atoms with Crippen molar-refractivity contribution in [2.75, 3.05) is 0 Å². The van der Waals surface area contributed by atoms with Crippen LogP contribution in [-0.4, -0.2) is 22.8 Å². The summed E-state index contributed by atoms with van der Waals surface area (Å²) in [6, 6.07) is 2.26. The highest BCUT2D eigenvalue weighted by Crippen LogP contribution is 2.71. The number of allylic oxidation sites excluding steroid dienone is 2. The van der Waals surface area contributed by atoms with Gasteiger partial charge in [0.25, 0.3) is 0 Å². The molecule has 162 valence electrons. The molecule has 0 aromatic carbocycles. The molecule has 3 saturated carbocycles. The van der Waals surface area contributed by atoms with Crippen molar-refractivity contribution in [2.45, 2.75) is 82.9 Å². The van der Waals surface area contributed by atoms with Crippen LogP contribution >= 0.6 is 0 Å². The number of nitriles is 1. The Hall–Kier alpha value is -1.16. The molecule has 0 bridgehead atoms. The molecule has 7 heteroatoms. The Morgan fingerprint density at radius 3 is 2.31 bits per heavy atom. The molecule has 4 aliphatic rings. The molecule has 2 nitrogen and oxygen atoms in total. The Morgan fingerprint density at radius 2 is 1.69 bits per heavy atom. The third-order valence-corrected chi connectivity index (χ3v) is 9.46. The van der Waals surface area contributed by atoms with Gasteiger partial charge in [-0.05, 0) is 80.5 Å². The van der Waals surface area contributed by atoms with Crippen LogP contribution in [0.15, 0.2) is 11.6 Å². The summed E-state index contributed by atoms with van der Waals surface area (Å²) in [6.07, 6.45) is -0.220. The lowest BCUT2D eigenvalue weighted by Crippen LogP contribution is -2.65. The minimum atomic E-state index is -5.77. The van der Waals surface area contributed by atoms with E-state index in [1.807, 2.05) is 6.08 Å². The van der Waals surface area contributed by atoms with Gasteiger partial charge in [-0.15, -0.1) is 0 Å². The molecule has 1 N–H and O–H groups in total. The predicted octanol–water partition coefficient (Wildman–Crippen LogP) is 6.02. The third-order valence-electron chi connectivity index (χ3n) is 9.46. The monoisotopic (exact) mass is 417 g/mol. The van der Waals surface area contributed by atoms with E-state index in [-0.39, 0.29) is 36.0 Å². The molecular formula is C22H28F5NO. The van der Waals surface area contributed by atoms with Crippen LogP contribution in [0.4, 0.5) is 22.0 Å². The van der Waals surface area contributed by atoms with E-state index in [9.17, 15) is 32.3 Å². The fourth-order valence-electron chi connectivity index (χ4n) is 7.82. The molecule has 4 aliphatic carbocycles. The van der Waals surface area contributed by atoms with Gasteiger partial charge in [0.15, 0.2) is 0 Å². The van der Waals surface area contributed by atoms with Gasteiger partial charge in [-0.25, -0.2) is 0 Å². The van der Waals surface area contributed by atoms with Gasteiger partial charge in [-0.1, -0.05) is 19.9 Å². The molecule has 4 rings (SSSR count). The predicted molar refractivity (Wildman–Crippen MR) is 96.8 cm³/mol. The molecular weight excluding hydrogens is 389 g/mol. The van der Waals surface area contributed by atoms with Crippen molar-refractivity contribution >= 4 is 0 Å². The normalized spacial score (nSPS) is 47.5. The molecule has 0 amide bonds. The molecule has 7 atom stereocenters. The highest BCUT2D eigenvalue weighted by atomic mass is 19.4. The van der Waals surface area contributed by atoms with E-state index in [1.54, 1.807) is 0 Å². The lowest BCUT2D eigenvalue weighted by atomic mass is 9.44. The minimum Gasteiger partial charge on any atom is -0.383 e. The molecule has 29 heavy (non-hydrogen) atoms. The zero-order valence-corrected chi connectivity index (χ0v) is 16.8. The van der Waals surface area contributed by atoms with Gasteiger partial charge in [0.05, 0.1) is 6.07 Å². The average molecular weight is 417 g/mol. The molecule has 0 aromatic rings. The van der Waals surface area contributed by atoms with E-state index in [1.165, 1.54) is 6.92 Å². The summed E-state index contributed by atoms with van der Waals surface area (Å²) in [6.45, 7) is 3.63. The topological polar surface area (TPSA) is 44.0 Å². The summed E-state index contributed by atoms with van der Waals surface area (Å²) in [5.41, 5.74) is -3.89. The second-order valence-electron chi connectivity index (χ2n) is 10.3. The van der Waals surface area contributed by atoms with E-state index < -0.39 is 29.5 Å². The number of hydrogen-bond acceptors (Lipinski definition) is 2. The summed E-state index contributed by atoms with van der Waals surface area (Å²) < 4.78 is 68.6. The first-order valence-corrected chi connectivity index (χ1v) is 10.6. The van der Waals surface area contributed by atoms with Crippen LogP contribution in [0.25, 0.3) is 0 Å². The first-order chi connectivity index (χ1) is 13.3. The maximum Gasteiger partial charge on any atom is 0.456 e. The van der Waals surface area contributed by atoms with E-state index in [0.717, 1.165) is 24.8 Å². The summed E-state index contributed by atoms with van der Waals surface area (Å²) >= 11 is 0. The molecule has 0 spiro atoms. The largest absolute Gasteiger partial charge is 0.456 e. The van der Waals surface area contributed by atoms with Crippen molar-refractivity contribution in [1.29, 1.82) is 5.26 Å². The number of nitrogens with zero attached hydrogens (tertiary/aromatic N) is 1. The van der Waals surface area contributed by atoms with E-state index in [2.05, 4.69) is 13.0 Å². The summed E-state index contributed by atoms with van der Waals surface area (Å²) in [5.74, 6) is -4.85. The van der Waals surface area contributed by atoms with Crippen molar-refractivity contribution in [3.05, 3.63) is 11.6 Å². The summed E-state index contributed by atoms with van der Waals surface area (Å²) in [5, 5.41) is 20.2. The van der Waals surface area contributed by atoms with Crippen LogP contribution in [0.2, 0.25) is 0 Å². The molecule has 3 fully saturated rings. The Balaban J connectivity index is 1.68. The Kier molecular flexibility index (Phi) is 4.50. The number of hydrogen-bond donors (Lipinski definition) is 1. The van der Waals surface area contributed by atoms with Crippen LogP contribution in [0.5, 0.6) is 0 Å². The smallest absolute Gasteiger partial charge is 0.383 e. The van der Waals surface area contributed by atoms with Gasteiger partial charge < -0.3 is 5.11 Å². The lowest BCUT2D eigenvalue weighted by Gasteiger charge is -2.61. The zero-order valence-electron chi connectivity index (χ0n) is 16.8. The maximum atomic E-state index is 14.5. The van der Waals surface area contributed by atoms with Gasteiger partial charge >= 0.3 is 12.1 Å². The lowest BCUT2D eigenvalue weighted by molar-refractivity contribution is -0.364. The second-order valence-corrected chi connectivity index (χ2v) is 10.3. The van der Waals surface area contributed by atoms with Crippen LogP contribution in [-0.2, 0) is 0 Å². The standard InChI is InChI=1S/C22H28F5NO/c1-18-11-13(12-28)3-4-14(18)5-6-15-16(18)7-9-19(2)17(15)8-10-20(19,29)21(23,24)22(25,26)27/h3,14-17,29H,4-11H2,1-2H3/t14?,15-,16-,17+,18+,19+,20?/m1/s1. The molecule has 0 saturated heterocycles. The fraction of sp³-hybridized carbons (Fsp3) is 0.864. The highest BCUT2D eigenvalue weighted by Gasteiger charge is 2.79. The van der Waals surface area contributed by atoms with Crippen LogP contribution in [0, 0.1) is 45.8 Å². The molecule has 0 aliphatic heterocycles. The average Bonchev–Trinajstić information content (AvgIpc) is 2.92. The third kappa shape index (κ3) is 2.53. The Labute approximate surface area is 168 Å². The van der Waals surface area contributed by atoms with Crippen LogP contribution in [0.3, 0.4) is 0 Å². The van der Waals surface area contributed by atoms with Gasteiger partial charge in [-0.3, -0.25) is 0 Å². The van der Waals surface area contributed by atoms with E-state index in [0.29, 0.717) is 18.8 Å². The first kappa shape index (κ1) is 21.1. The van der Waals surface area contributed by atoms with Crippen LogP contribution in [0.1, 0.15) is 65.2 Å². The number of alkyl halides is 5. The highest BCUT2D eigenvalue weighted by molar-refractivity contribution is 5.28. The van der Waals surface area contributed by atoms with Crippen LogP contribution < -0.4 is 0 Å². The summed E-state index contributed by atoms with van der Waals surface area (Å²) in [4.78, 5) is 0. The minimum absolute atomic E-state index is 0.0195. The summed E-state index contributed by atoms with van der Waals surface area (Å²) in [7, 11) is 0. The second kappa shape index (κ2) is 6.18. The number of fused-ring (bicyclic) bond motifs is 5. The number of rotatable bonds is 1. The zero-order chi connectivity index (χ0) is 21.5. The molecule has 0 aromatic heterocycles. The van der Waals surface area contributed by atoms with Crippen molar-refractivity contribution in [3.8, 4) is 6.07 Å². The molecule has 0 heterocycles. The maximum absolute atomic E-state index is 14.5. The fourth-order valence-corrected chi connectivity index (χ4v) is 7.82. The molecule has 2 unspecified atom stereocenters. The van der Waals surface area contributed by atoms with E-state index >= 15 is 0 Å². The molecule has 0 radical (unpaired) electrons. The van der Waals surface area contributed by atoms with Gasteiger partial charge in [0.1, 0.15) is 5.60 Å². The first-order valence-electron chi connectivity index (χ1n) is 10.6. The Morgan fingerprint density at radius 1 is 1.03 bits per heavy atom. The van der Waals surface area contributed by atoms with Gasteiger partial charge in [0.2, 0.25) is 0 Å². The van der Waals surface area contributed by atoms with Crippen molar-refractivity contribution in [2.24, 2.45) is 34.5 Å². The van der Waals surface area contributed by atoms with Crippen molar-refractivity contribution < 1.29 is 27.1 Å². The van der Waals surface area contributed by atoms with Gasteiger partial charge in [0, 0.05) is 11.0 Å². The van der Waals surface area contributed by atoms with Crippen molar-refractivity contribution in [1.82, 2.24) is 0 Å².